The maximum atomic E-state index is 13.4. The van der Waals surface area contributed by atoms with Crippen LogP contribution in [0.25, 0.3) is 5.78 Å². The van der Waals surface area contributed by atoms with Gasteiger partial charge in [-0.25, -0.2) is 14.8 Å². The highest BCUT2D eigenvalue weighted by Gasteiger charge is 2.29. The number of nitrogens with one attached hydrogen (secondary N) is 2. The second kappa shape index (κ2) is 10.7. The fourth-order valence-electron chi connectivity index (χ4n) is 4.66. The molecule has 3 aromatic heterocycles. The van der Waals surface area contributed by atoms with E-state index in [4.69, 9.17) is 10.5 Å². The van der Waals surface area contributed by atoms with Crippen LogP contribution in [0.15, 0.2) is 55.5 Å². The van der Waals surface area contributed by atoms with Crippen molar-refractivity contribution >= 4 is 29.4 Å². The van der Waals surface area contributed by atoms with E-state index in [-0.39, 0.29) is 36.4 Å². The van der Waals surface area contributed by atoms with E-state index in [1.54, 1.807) is 24.4 Å². The van der Waals surface area contributed by atoms with Gasteiger partial charge < -0.3 is 21.1 Å². The average molecular weight is 527 g/mol. The van der Waals surface area contributed by atoms with Gasteiger partial charge in [0.1, 0.15) is 30.1 Å². The topological polar surface area (TPSA) is 166 Å². The number of esters is 1. The second-order valence-electron chi connectivity index (χ2n) is 9.03. The zero-order valence-corrected chi connectivity index (χ0v) is 21.2. The molecule has 2 amide bonds. The summed E-state index contributed by atoms with van der Waals surface area (Å²) < 4.78 is 6.48. The predicted octanol–water partition coefficient (Wildman–Crippen LogP) is 2.10. The van der Waals surface area contributed by atoms with Crippen molar-refractivity contribution in [1.29, 1.82) is 0 Å². The third kappa shape index (κ3) is 5.17. The van der Waals surface area contributed by atoms with Crippen molar-refractivity contribution in [2.24, 2.45) is 0 Å². The third-order valence-corrected chi connectivity index (χ3v) is 6.57. The molecular weight excluding hydrogens is 500 g/mol. The number of carbonyl (C=O) groups excluding carboxylic acids is 3. The fourth-order valence-corrected chi connectivity index (χ4v) is 4.66. The first kappa shape index (κ1) is 25.5. The Morgan fingerprint density at radius 1 is 1.21 bits per heavy atom. The third-order valence-electron chi connectivity index (χ3n) is 6.57. The van der Waals surface area contributed by atoms with Crippen molar-refractivity contribution < 1.29 is 19.1 Å². The summed E-state index contributed by atoms with van der Waals surface area (Å²) >= 11 is 0. The minimum Gasteiger partial charge on any atom is -0.458 e. The van der Waals surface area contributed by atoms with Crippen LogP contribution < -0.4 is 16.4 Å². The lowest BCUT2D eigenvalue weighted by atomic mass is 9.98. The summed E-state index contributed by atoms with van der Waals surface area (Å²) in [5, 5.41) is 9.91. The lowest BCUT2D eigenvalue weighted by molar-refractivity contribution is 0.0548. The first-order chi connectivity index (χ1) is 18.9. The van der Waals surface area contributed by atoms with Gasteiger partial charge >= 0.3 is 5.97 Å². The van der Waals surface area contributed by atoms with Crippen LogP contribution in [0.2, 0.25) is 0 Å². The molecule has 0 bridgehead atoms. The smallest absolute Gasteiger partial charge is 0.338 e. The van der Waals surface area contributed by atoms with Crippen molar-refractivity contribution in [3.63, 3.8) is 0 Å². The van der Waals surface area contributed by atoms with Crippen LogP contribution in [0, 0.1) is 6.92 Å². The quantitative estimate of drug-likeness (QED) is 0.230. The number of carbonyl (C=O) groups is 3. The molecule has 0 aliphatic heterocycles. The molecule has 0 radical (unpaired) electrons. The van der Waals surface area contributed by atoms with E-state index in [2.05, 4.69) is 37.3 Å². The van der Waals surface area contributed by atoms with Crippen molar-refractivity contribution in [2.45, 2.75) is 32.4 Å². The molecular formula is C27H26N8O4. The number of nitrogens with zero attached hydrogens (tertiary/aromatic N) is 5. The molecule has 198 valence electrons. The number of benzene rings is 1. The highest BCUT2D eigenvalue weighted by Crippen LogP contribution is 2.35. The van der Waals surface area contributed by atoms with E-state index in [0.29, 0.717) is 24.2 Å². The number of fused-ring (bicyclic) bond motifs is 2. The molecule has 1 aliphatic carbocycles. The molecule has 0 fully saturated rings. The molecule has 4 aromatic rings. The molecule has 1 aliphatic rings. The minimum atomic E-state index is -0.484. The van der Waals surface area contributed by atoms with E-state index in [1.807, 2.05) is 13.0 Å². The maximum Gasteiger partial charge on any atom is 0.338 e. The van der Waals surface area contributed by atoms with Gasteiger partial charge in [-0.1, -0.05) is 18.7 Å². The molecule has 0 saturated heterocycles. The van der Waals surface area contributed by atoms with Crippen molar-refractivity contribution in [3.8, 4) is 0 Å². The van der Waals surface area contributed by atoms with Gasteiger partial charge in [0.15, 0.2) is 0 Å². The molecule has 0 spiro atoms. The van der Waals surface area contributed by atoms with Crippen LogP contribution in [-0.2, 0) is 17.7 Å². The van der Waals surface area contributed by atoms with Gasteiger partial charge in [-0.15, -0.1) is 0 Å². The number of amides is 2. The number of hydrogen-bond donors (Lipinski definition) is 3. The Morgan fingerprint density at radius 3 is 2.85 bits per heavy atom. The molecule has 0 unspecified atom stereocenters. The van der Waals surface area contributed by atoms with Crippen LogP contribution >= 0.6 is 0 Å². The number of rotatable bonds is 8. The molecule has 4 N–H and O–H groups in total. The fraction of sp³-hybridized carbons (Fsp3) is 0.222. The Kier molecular flexibility index (Phi) is 7.00. The predicted molar refractivity (Wildman–Crippen MR) is 141 cm³/mol. The molecule has 5 rings (SSSR count). The van der Waals surface area contributed by atoms with Crippen molar-refractivity contribution in [2.75, 3.05) is 12.3 Å². The van der Waals surface area contributed by atoms with Gasteiger partial charge in [0.25, 0.3) is 17.6 Å². The molecule has 12 heteroatoms. The second-order valence-corrected chi connectivity index (χ2v) is 9.03. The zero-order chi connectivity index (χ0) is 27.5. The largest absolute Gasteiger partial charge is 0.458 e. The van der Waals surface area contributed by atoms with Gasteiger partial charge in [0, 0.05) is 18.8 Å². The number of nitrogen functional groups attached to an aromatic ring is 1. The average Bonchev–Trinajstić information content (AvgIpc) is 3.57. The summed E-state index contributed by atoms with van der Waals surface area (Å²) in [4.78, 5) is 51.0. The first-order valence-electron chi connectivity index (χ1n) is 12.3. The summed E-state index contributed by atoms with van der Waals surface area (Å²) in [6, 6.07) is 8.04. The monoisotopic (exact) mass is 526 g/mol. The molecule has 3 heterocycles. The van der Waals surface area contributed by atoms with Gasteiger partial charge in [-0.05, 0) is 60.2 Å². The van der Waals surface area contributed by atoms with Crippen molar-refractivity contribution in [1.82, 2.24) is 35.2 Å². The van der Waals surface area contributed by atoms with E-state index in [9.17, 15) is 14.4 Å². The van der Waals surface area contributed by atoms with Gasteiger partial charge in [0.2, 0.25) is 0 Å². The van der Waals surface area contributed by atoms with Gasteiger partial charge in [-0.2, -0.15) is 14.6 Å². The normalized spacial score (nSPS) is 14.0. The lowest BCUT2D eigenvalue weighted by Crippen LogP contribution is -2.30. The number of hydrogen-bond acceptors (Lipinski definition) is 9. The summed E-state index contributed by atoms with van der Waals surface area (Å²) in [5.41, 5.74) is 9.86. The summed E-state index contributed by atoms with van der Waals surface area (Å²) in [6.45, 7) is 5.78. The highest BCUT2D eigenvalue weighted by atomic mass is 16.5. The van der Waals surface area contributed by atoms with Crippen LogP contribution in [0.4, 0.5) is 5.82 Å². The summed E-state index contributed by atoms with van der Waals surface area (Å²) in [5.74, 6) is -0.870. The first-order valence-corrected chi connectivity index (χ1v) is 12.3. The maximum absolute atomic E-state index is 13.4. The van der Waals surface area contributed by atoms with E-state index in [1.165, 1.54) is 23.0 Å². The van der Waals surface area contributed by atoms with Crippen LogP contribution in [0.3, 0.4) is 0 Å². The molecule has 39 heavy (non-hydrogen) atoms. The number of ether oxygens (including phenoxy) is 1. The van der Waals surface area contributed by atoms with Gasteiger partial charge in [-0.3, -0.25) is 9.59 Å². The number of anilines is 1. The Balaban J connectivity index is 1.35. The van der Waals surface area contributed by atoms with E-state index in [0.717, 1.165) is 22.3 Å². The lowest BCUT2D eigenvalue weighted by Gasteiger charge is -2.16. The van der Waals surface area contributed by atoms with Gasteiger partial charge in [0.05, 0.1) is 11.6 Å². The Bertz CT molecular complexity index is 1610. The molecule has 0 saturated carbocycles. The molecule has 12 nitrogen and oxygen atoms in total. The number of pyridine rings is 1. The van der Waals surface area contributed by atoms with E-state index >= 15 is 0 Å². The molecule has 1 aromatic carbocycles. The zero-order valence-electron chi connectivity index (χ0n) is 21.2. The molecule has 1 atom stereocenters. The van der Waals surface area contributed by atoms with E-state index < -0.39 is 17.8 Å². The van der Waals surface area contributed by atoms with Crippen molar-refractivity contribution in [3.05, 3.63) is 94.7 Å². The summed E-state index contributed by atoms with van der Waals surface area (Å²) in [6.07, 6.45) is 5.68. The SMILES string of the molecule is C=CCOC(=O)c1ccc2c(c1C)CC[C@@H]2NC(=O)c1cc(C(=O)NCc2ccnc(N)c2)nc2ncnn12. The Labute approximate surface area is 223 Å². The van der Waals surface area contributed by atoms with Crippen LogP contribution in [0.5, 0.6) is 0 Å². The number of nitrogens with two attached hydrogens (primary N) is 1. The Morgan fingerprint density at radius 2 is 2.05 bits per heavy atom. The summed E-state index contributed by atoms with van der Waals surface area (Å²) in [7, 11) is 0. The van der Waals surface area contributed by atoms with Crippen LogP contribution in [0.1, 0.15) is 66.1 Å². The highest BCUT2D eigenvalue weighted by molar-refractivity contribution is 5.98. The minimum absolute atomic E-state index is 0.0213. The number of aromatic nitrogens is 5. The standard InChI is InChI=1S/C27H26N8O4/c1-3-10-39-26(38)18-4-5-19-17(15(18)2)6-7-20(19)33-25(37)22-12-21(34-27-31-14-32-35(22)27)24(36)30-13-16-8-9-29-23(28)11-16/h3-5,8-9,11-12,14,20H,1,6-7,10,13H2,2H3,(H2,28,29)(H,30,36)(H,33,37)/t20-/m0/s1. The Hall–Kier alpha value is -5.13. The van der Waals surface area contributed by atoms with Crippen LogP contribution in [-0.4, -0.2) is 49.0 Å².